The Morgan fingerprint density at radius 3 is 1.95 bits per heavy atom. The van der Waals surface area contributed by atoms with Crippen LogP contribution in [0.4, 0.5) is 10.5 Å². The van der Waals surface area contributed by atoms with Gasteiger partial charge in [-0.05, 0) is 69.3 Å². The first kappa shape index (κ1) is 16.4. The van der Waals surface area contributed by atoms with Gasteiger partial charge in [0.15, 0.2) is 0 Å². The first-order valence-electron chi connectivity index (χ1n) is 6.85. The van der Waals surface area contributed by atoms with Crippen LogP contribution in [0.2, 0.25) is 0 Å². The van der Waals surface area contributed by atoms with E-state index in [1.807, 2.05) is 45.0 Å². The highest BCUT2D eigenvalue weighted by Gasteiger charge is 2.16. The molecule has 0 saturated carbocycles. The first-order valence-corrected chi connectivity index (χ1v) is 7.65. The van der Waals surface area contributed by atoms with Crippen LogP contribution in [-0.4, -0.2) is 11.7 Å². The Kier molecular flexibility index (Phi) is 5.08. The van der Waals surface area contributed by atoms with Crippen LogP contribution in [0.5, 0.6) is 11.5 Å². The van der Waals surface area contributed by atoms with Gasteiger partial charge in [-0.15, -0.1) is 0 Å². The van der Waals surface area contributed by atoms with Gasteiger partial charge in [0.25, 0.3) is 0 Å². The normalized spacial score (nSPS) is 10.9. The average molecular weight is 364 g/mol. The van der Waals surface area contributed by atoms with Crippen LogP contribution in [0.15, 0.2) is 53.0 Å². The van der Waals surface area contributed by atoms with Crippen molar-refractivity contribution >= 4 is 27.7 Å². The molecule has 1 N–H and O–H groups in total. The SMILES string of the molecule is CC(C)(C)OC(=O)Nc1ccc(Oc2ccc(Br)cc2)cc1. The van der Waals surface area contributed by atoms with Gasteiger partial charge >= 0.3 is 6.09 Å². The molecule has 2 aromatic carbocycles. The number of amides is 1. The number of carbonyl (C=O) groups excluding carboxylic acids is 1. The second-order valence-corrected chi connectivity index (χ2v) is 6.62. The smallest absolute Gasteiger partial charge is 0.412 e. The van der Waals surface area contributed by atoms with E-state index < -0.39 is 11.7 Å². The number of hydrogen-bond donors (Lipinski definition) is 1. The van der Waals surface area contributed by atoms with E-state index in [9.17, 15) is 4.79 Å². The van der Waals surface area contributed by atoms with E-state index in [0.29, 0.717) is 11.4 Å². The van der Waals surface area contributed by atoms with Crippen LogP contribution in [-0.2, 0) is 4.74 Å². The Bertz CT molecular complexity index is 630. The summed E-state index contributed by atoms with van der Waals surface area (Å²) in [4.78, 5) is 11.7. The fourth-order valence-corrected chi connectivity index (χ4v) is 1.93. The van der Waals surface area contributed by atoms with Crippen LogP contribution in [0.25, 0.3) is 0 Å². The van der Waals surface area contributed by atoms with Crippen molar-refractivity contribution in [2.75, 3.05) is 5.32 Å². The molecule has 0 fully saturated rings. The number of rotatable bonds is 3. The molecule has 0 bridgehead atoms. The number of anilines is 1. The van der Waals surface area contributed by atoms with Gasteiger partial charge in [0.05, 0.1) is 0 Å². The first-order chi connectivity index (χ1) is 10.3. The van der Waals surface area contributed by atoms with Gasteiger partial charge in [-0.3, -0.25) is 5.32 Å². The molecule has 0 aliphatic rings. The van der Waals surface area contributed by atoms with Gasteiger partial charge < -0.3 is 9.47 Å². The van der Waals surface area contributed by atoms with E-state index in [-0.39, 0.29) is 0 Å². The highest BCUT2D eigenvalue weighted by molar-refractivity contribution is 9.10. The summed E-state index contributed by atoms with van der Waals surface area (Å²) in [6.07, 6.45) is -0.478. The summed E-state index contributed by atoms with van der Waals surface area (Å²) in [5, 5.41) is 2.67. The Balaban J connectivity index is 1.95. The lowest BCUT2D eigenvalue weighted by Crippen LogP contribution is -2.27. The van der Waals surface area contributed by atoms with E-state index in [0.717, 1.165) is 10.2 Å². The van der Waals surface area contributed by atoms with E-state index in [1.54, 1.807) is 24.3 Å². The van der Waals surface area contributed by atoms with Crippen molar-refractivity contribution in [2.24, 2.45) is 0 Å². The van der Waals surface area contributed by atoms with Crippen LogP contribution in [0.3, 0.4) is 0 Å². The minimum Gasteiger partial charge on any atom is -0.457 e. The molecule has 2 rings (SSSR count). The Labute approximate surface area is 138 Å². The molecular weight excluding hydrogens is 346 g/mol. The predicted molar refractivity (Wildman–Crippen MR) is 90.5 cm³/mol. The maximum absolute atomic E-state index is 11.7. The number of halogens is 1. The number of carbonyl (C=O) groups is 1. The van der Waals surface area contributed by atoms with Crippen molar-refractivity contribution in [3.63, 3.8) is 0 Å². The topological polar surface area (TPSA) is 47.6 Å². The lowest BCUT2D eigenvalue weighted by Gasteiger charge is -2.19. The maximum atomic E-state index is 11.7. The molecule has 22 heavy (non-hydrogen) atoms. The molecule has 0 aliphatic carbocycles. The Morgan fingerprint density at radius 1 is 0.955 bits per heavy atom. The molecule has 0 aliphatic heterocycles. The minimum absolute atomic E-state index is 0.478. The molecule has 0 aromatic heterocycles. The molecule has 4 nitrogen and oxygen atoms in total. The van der Waals surface area contributed by atoms with E-state index in [1.165, 1.54) is 0 Å². The third-order valence-corrected chi connectivity index (χ3v) is 3.08. The highest BCUT2D eigenvalue weighted by atomic mass is 79.9. The van der Waals surface area contributed by atoms with Crippen LogP contribution in [0.1, 0.15) is 20.8 Å². The molecule has 5 heteroatoms. The second-order valence-electron chi connectivity index (χ2n) is 5.71. The van der Waals surface area contributed by atoms with E-state index in [2.05, 4.69) is 21.2 Å². The largest absolute Gasteiger partial charge is 0.457 e. The zero-order chi connectivity index (χ0) is 16.2. The Hall–Kier alpha value is -2.01. The van der Waals surface area contributed by atoms with Crippen molar-refractivity contribution in [1.82, 2.24) is 0 Å². The van der Waals surface area contributed by atoms with E-state index in [4.69, 9.17) is 9.47 Å². The predicted octanol–water partition coefficient (Wildman–Crippen LogP) is 5.59. The number of nitrogens with one attached hydrogen (secondary N) is 1. The fraction of sp³-hybridized carbons (Fsp3) is 0.235. The highest BCUT2D eigenvalue weighted by Crippen LogP contribution is 2.24. The molecule has 116 valence electrons. The molecule has 0 spiro atoms. The zero-order valence-corrected chi connectivity index (χ0v) is 14.3. The number of ether oxygens (including phenoxy) is 2. The minimum atomic E-state index is -0.519. The molecule has 2 aromatic rings. The standard InChI is InChI=1S/C17H18BrNO3/c1-17(2,3)22-16(20)19-13-6-10-15(11-7-13)21-14-8-4-12(18)5-9-14/h4-11H,1-3H3,(H,19,20). The molecule has 0 radical (unpaired) electrons. The maximum Gasteiger partial charge on any atom is 0.412 e. The van der Waals surface area contributed by atoms with Gasteiger partial charge in [0.1, 0.15) is 17.1 Å². The molecule has 0 saturated heterocycles. The van der Waals surface area contributed by atoms with Crippen LogP contribution < -0.4 is 10.1 Å². The number of hydrogen-bond acceptors (Lipinski definition) is 3. The van der Waals surface area contributed by atoms with Gasteiger partial charge in [-0.2, -0.15) is 0 Å². The van der Waals surface area contributed by atoms with Crippen molar-refractivity contribution in [3.05, 3.63) is 53.0 Å². The van der Waals surface area contributed by atoms with Crippen molar-refractivity contribution in [1.29, 1.82) is 0 Å². The van der Waals surface area contributed by atoms with Gasteiger partial charge in [-0.25, -0.2) is 4.79 Å². The summed E-state index contributed by atoms with van der Waals surface area (Å²) < 4.78 is 11.9. The summed E-state index contributed by atoms with van der Waals surface area (Å²) in [5.74, 6) is 1.44. The monoisotopic (exact) mass is 363 g/mol. The van der Waals surface area contributed by atoms with Crippen LogP contribution in [0, 0.1) is 0 Å². The second kappa shape index (κ2) is 6.83. The van der Waals surface area contributed by atoms with E-state index >= 15 is 0 Å². The summed E-state index contributed by atoms with van der Waals surface area (Å²) in [6, 6.07) is 14.7. The molecular formula is C17H18BrNO3. The zero-order valence-electron chi connectivity index (χ0n) is 12.7. The van der Waals surface area contributed by atoms with Gasteiger partial charge in [0.2, 0.25) is 0 Å². The van der Waals surface area contributed by atoms with Crippen LogP contribution >= 0.6 is 15.9 Å². The molecule has 0 atom stereocenters. The van der Waals surface area contributed by atoms with Crippen molar-refractivity contribution in [2.45, 2.75) is 26.4 Å². The molecule has 0 heterocycles. The lowest BCUT2D eigenvalue weighted by atomic mass is 10.2. The third kappa shape index (κ3) is 5.41. The number of benzene rings is 2. The van der Waals surface area contributed by atoms with Gasteiger partial charge in [-0.1, -0.05) is 15.9 Å². The summed E-state index contributed by atoms with van der Waals surface area (Å²) in [6.45, 7) is 5.46. The van der Waals surface area contributed by atoms with Gasteiger partial charge in [0, 0.05) is 10.2 Å². The summed E-state index contributed by atoms with van der Waals surface area (Å²) >= 11 is 3.38. The lowest BCUT2D eigenvalue weighted by molar-refractivity contribution is 0.0636. The summed E-state index contributed by atoms with van der Waals surface area (Å²) in [5.41, 5.74) is 0.131. The van der Waals surface area contributed by atoms with Crippen molar-refractivity contribution in [3.8, 4) is 11.5 Å². The fourth-order valence-electron chi connectivity index (χ4n) is 1.67. The molecule has 1 amide bonds. The average Bonchev–Trinajstić information content (AvgIpc) is 2.41. The summed E-state index contributed by atoms with van der Waals surface area (Å²) in [7, 11) is 0. The van der Waals surface area contributed by atoms with Crippen molar-refractivity contribution < 1.29 is 14.3 Å². The molecule has 0 unspecified atom stereocenters. The quantitative estimate of drug-likeness (QED) is 0.773. The Morgan fingerprint density at radius 2 is 1.45 bits per heavy atom. The third-order valence-electron chi connectivity index (χ3n) is 2.55.